The molecule has 1 aliphatic heterocycles. The molecule has 2 aromatic heterocycles. The molecule has 0 saturated carbocycles. The summed E-state index contributed by atoms with van der Waals surface area (Å²) < 4.78 is 5.35. The van der Waals surface area contributed by atoms with Gasteiger partial charge in [0.1, 0.15) is 0 Å². The topological polar surface area (TPSA) is 119 Å². The third kappa shape index (κ3) is 3.58. The van der Waals surface area contributed by atoms with Gasteiger partial charge in [-0.15, -0.1) is 12.4 Å². The van der Waals surface area contributed by atoms with Gasteiger partial charge >= 0.3 is 0 Å². The lowest BCUT2D eigenvalue weighted by molar-refractivity contribution is 0.344. The number of nitrogens with two attached hydrogens (primary N) is 1. The summed E-state index contributed by atoms with van der Waals surface area (Å²) in [6.45, 7) is 0.951. The highest BCUT2D eigenvalue weighted by Crippen LogP contribution is 2.25. The van der Waals surface area contributed by atoms with Crippen LogP contribution in [0.1, 0.15) is 24.8 Å². The fourth-order valence-corrected chi connectivity index (χ4v) is 2.76. The number of anilines is 3. The Hall–Kier alpha value is -2.78. The lowest BCUT2D eigenvalue weighted by Gasteiger charge is -2.17. The zero-order chi connectivity index (χ0) is 17.2. The minimum atomic E-state index is 0. The molecular formula is C16H19ClN8O. The van der Waals surface area contributed by atoms with E-state index >= 15 is 0 Å². The zero-order valence-corrected chi connectivity index (χ0v) is 15.0. The summed E-state index contributed by atoms with van der Waals surface area (Å²) in [6, 6.07) is 9.83. The number of nitrogen functional groups attached to an aromatic ring is 1. The van der Waals surface area contributed by atoms with Crippen LogP contribution in [0.3, 0.4) is 0 Å². The van der Waals surface area contributed by atoms with Crippen LogP contribution < -0.4 is 16.0 Å². The number of hydrogen-bond donors (Lipinski definition) is 2. The lowest BCUT2D eigenvalue weighted by atomic mass is 10.2. The average molecular weight is 375 g/mol. The van der Waals surface area contributed by atoms with Crippen molar-refractivity contribution in [3.05, 3.63) is 36.2 Å². The molecule has 1 atom stereocenters. The molecule has 1 saturated heterocycles. The molecule has 0 amide bonds. The summed E-state index contributed by atoms with van der Waals surface area (Å²) in [4.78, 5) is 19.0. The predicted molar refractivity (Wildman–Crippen MR) is 99.3 cm³/mol. The third-order valence-electron chi connectivity index (χ3n) is 4.08. The van der Waals surface area contributed by atoms with Crippen LogP contribution >= 0.6 is 12.4 Å². The fraction of sp³-hybridized carbons (Fsp3) is 0.312. The fourth-order valence-electron chi connectivity index (χ4n) is 2.76. The van der Waals surface area contributed by atoms with Gasteiger partial charge in [0.25, 0.3) is 0 Å². The maximum absolute atomic E-state index is 5.85. The molecule has 1 fully saturated rings. The predicted octanol–water partition coefficient (Wildman–Crippen LogP) is 2.12. The first-order chi connectivity index (χ1) is 12.2. The van der Waals surface area contributed by atoms with Crippen molar-refractivity contribution in [2.24, 2.45) is 0 Å². The Morgan fingerprint density at radius 1 is 1.12 bits per heavy atom. The van der Waals surface area contributed by atoms with E-state index in [1.54, 1.807) is 0 Å². The van der Waals surface area contributed by atoms with Crippen LogP contribution in [0.15, 0.2) is 34.9 Å². The summed E-state index contributed by atoms with van der Waals surface area (Å²) in [5.41, 5.74) is 6.79. The van der Waals surface area contributed by atoms with Crippen LogP contribution in [-0.4, -0.2) is 38.7 Å². The molecule has 4 rings (SSSR count). The molecule has 3 aromatic rings. The van der Waals surface area contributed by atoms with E-state index < -0.39 is 0 Å². The first-order valence-corrected chi connectivity index (χ1v) is 8.08. The largest absolute Gasteiger partial charge is 0.368 e. The van der Waals surface area contributed by atoms with E-state index in [4.69, 9.17) is 10.3 Å². The molecule has 0 radical (unpaired) electrons. The van der Waals surface area contributed by atoms with E-state index in [-0.39, 0.29) is 24.4 Å². The molecule has 1 aliphatic rings. The van der Waals surface area contributed by atoms with Gasteiger partial charge < -0.3 is 20.5 Å². The highest BCUT2D eigenvalue weighted by atomic mass is 35.5. The Labute approximate surface area is 156 Å². The average Bonchev–Trinajstić information content (AvgIpc) is 3.32. The van der Waals surface area contributed by atoms with Crippen molar-refractivity contribution in [3.8, 4) is 11.6 Å². The summed E-state index contributed by atoms with van der Waals surface area (Å²) in [5.74, 6) is 1.66. The molecular weight excluding hydrogens is 356 g/mol. The highest BCUT2D eigenvalue weighted by Gasteiger charge is 2.24. The number of rotatable bonds is 4. The van der Waals surface area contributed by atoms with Crippen molar-refractivity contribution in [1.82, 2.24) is 30.4 Å². The number of halogens is 1. The summed E-state index contributed by atoms with van der Waals surface area (Å²) in [7, 11) is 1.86. The van der Waals surface area contributed by atoms with Gasteiger partial charge in [0, 0.05) is 12.7 Å². The third-order valence-corrected chi connectivity index (χ3v) is 4.08. The van der Waals surface area contributed by atoms with Crippen molar-refractivity contribution >= 4 is 30.0 Å². The van der Waals surface area contributed by atoms with Gasteiger partial charge in [-0.1, -0.05) is 23.4 Å². The van der Waals surface area contributed by atoms with E-state index in [9.17, 15) is 0 Å². The van der Waals surface area contributed by atoms with Gasteiger partial charge in [-0.2, -0.15) is 19.9 Å². The standard InChI is InChI=1S/C16H18N8O.ClH/c1-24(10-6-3-2-4-7-10)16-21-12(20-15(17)22-16)13-19-14(25-23-13)11-8-5-9-18-11;/h2-4,6-7,11,18H,5,8-9H2,1H3,(H2,17,20,21,22);1H/t11-;/m1./s1. The molecule has 0 bridgehead atoms. The van der Waals surface area contributed by atoms with Gasteiger partial charge in [-0.05, 0) is 31.5 Å². The quantitative estimate of drug-likeness (QED) is 0.707. The number of benzene rings is 1. The number of para-hydroxylation sites is 1. The molecule has 26 heavy (non-hydrogen) atoms. The van der Waals surface area contributed by atoms with E-state index in [1.165, 1.54) is 0 Å². The second kappa shape index (κ2) is 7.63. The van der Waals surface area contributed by atoms with Crippen LogP contribution in [0.5, 0.6) is 0 Å². The summed E-state index contributed by atoms with van der Waals surface area (Å²) >= 11 is 0. The minimum absolute atomic E-state index is 0. The SMILES string of the molecule is CN(c1ccccc1)c1nc(N)nc(-c2noc([C@H]3CCCN3)n2)n1.Cl. The Bertz CT molecular complexity index is 866. The van der Waals surface area contributed by atoms with Gasteiger partial charge in [0.15, 0.2) is 0 Å². The number of nitrogens with one attached hydrogen (secondary N) is 1. The Balaban J connectivity index is 0.00000196. The molecule has 0 spiro atoms. The lowest BCUT2D eigenvalue weighted by Crippen LogP contribution is -2.15. The molecule has 10 heteroatoms. The summed E-state index contributed by atoms with van der Waals surface area (Å²) in [5, 5.41) is 7.31. The van der Waals surface area contributed by atoms with Gasteiger partial charge in [-0.3, -0.25) is 0 Å². The van der Waals surface area contributed by atoms with E-state index in [1.807, 2.05) is 42.3 Å². The van der Waals surface area contributed by atoms with Crippen molar-refractivity contribution in [3.63, 3.8) is 0 Å². The van der Waals surface area contributed by atoms with E-state index in [0.29, 0.717) is 23.5 Å². The normalized spacial score (nSPS) is 16.3. The van der Waals surface area contributed by atoms with Crippen LogP contribution in [0.25, 0.3) is 11.6 Å². The monoisotopic (exact) mass is 374 g/mol. The minimum Gasteiger partial charge on any atom is -0.368 e. The summed E-state index contributed by atoms with van der Waals surface area (Å²) in [6.07, 6.45) is 2.07. The van der Waals surface area contributed by atoms with Crippen molar-refractivity contribution in [2.75, 3.05) is 24.2 Å². The van der Waals surface area contributed by atoms with Gasteiger partial charge in [0.05, 0.1) is 6.04 Å². The van der Waals surface area contributed by atoms with E-state index in [2.05, 4.69) is 30.4 Å². The van der Waals surface area contributed by atoms with Crippen LogP contribution in [0.4, 0.5) is 17.6 Å². The smallest absolute Gasteiger partial charge is 0.244 e. The maximum atomic E-state index is 5.85. The van der Waals surface area contributed by atoms with Crippen molar-refractivity contribution in [1.29, 1.82) is 0 Å². The maximum Gasteiger partial charge on any atom is 0.244 e. The molecule has 3 N–H and O–H groups in total. The Morgan fingerprint density at radius 3 is 2.65 bits per heavy atom. The Kier molecular flexibility index (Phi) is 5.29. The van der Waals surface area contributed by atoms with Crippen molar-refractivity contribution in [2.45, 2.75) is 18.9 Å². The van der Waals surface area contributed by atoms with E-state index in [0.717, 1.165) is 25.1 Å². The second-order valence-corrected chi connectivity index (χ2v) is 5.82. The molecule has 0 aliphatic carbocycles. The zero-order valence-electron chi connectivity index (χ0n) is 14.2. The van der Waals surface area contributed by atoms with Crippen LogP contribution in [-0.2, 0) is 0 Å². The molecule has 3 heterocycles. The van der Waals surface area contributed by atoms with Crippen LogP contribution in [0, 0.1) is 0 Å². The number of hydrogen-bond acceptors (Lipinski definition) is 9. The molecule has 9 nitrogen and oxygen atoms in total. The van der Waals surface area contributed by atoms with Crippen molar-refractivity contribution < 1.29 is 4.52 Å². The van der Waals surface area contributed by atoms with Gasteiger partial charge in [-0.25, -0.2) is 0 Å². The molecule has 136 valence electrons. The first kappa shape index (κ1) is 18.0. The highest BCUT2D eigenvalue weighted by molar-refractivity contribution is 5.85. The number of nitrogens with zero attached hydrogens (tertiary/aromatic N) is 6. The first-order valence-electron chi connectivity index (χ1n) is 8.08. The number of aromatic nitrogens is 5. The van der Waals surface area contributed by atoms with Crippen LogP contribution in [0.2, 0.25) is 0 Å². The second-order valence-electron chi connectivity index (χ2n) is 5.82. The molecule has 1 aromatic carbocycles. The van der Waals surface area contributed by atoms with Gasteiger partial charge in [0.2, 0.25) is 29.4 Å². The molecule has 0 unspecified atom stereocenters. The Morgan fingerprint density at radius 2 is 1.92 bits per heavy atom.